The third kappa shape index (κ3) is 4.52. The van der Waals surface area contributed by atoms with Crippen LogP contribution in [-0.2, 0) is 9.53 Å². The van der Waals surface area contributed by atoms with Crippen LogP contribution in [0, 0.1) is 16.0 Å². The van der Waals surface area contributed by atoms with Crippen LogP contribution in [0.25, 0.3) is 0 Å². The number of methoxy groups -OCH3 is 1. The Bertz CT molecular complexity index is 576. The number of halogens is 1. The molecule has 1 unspecified atom stereocenters. The van der Waals surface area contributed by atoms with Crippen molar-refractivity contribution in [2.75, 3.05) is 20.7 Å². The van der Waals surface area contributed by atoms with Gasteiger partial charge in [-0.3, -0.25) is 19.7 Å². The number of carbonyl (C=O) groups is 2. The monoisotopic (exact) mass is 358 g/mol. The summed E-state index contributed by atoms with van der Waals surface area (Å²) >= 11 is 3.13. The SMILES string of the molecule is COC(=O)C(C)CN(C)C(=O)c1cc(Br)cc([N+](=O)[O-])c1. The van der Waals surface area contributed by atoms with E-state index in [9.17, 15) is 19.7 Å². The van der Waals surface area contributed by atoms with Gasteiger partial charge in [0.25, 0.3) is 11.6 Å². The van der Waals surface area contributed by atoms with Gasteiger partial charge in [-0.1, -0.05) is 22.9 Å². The molecule has 0 N–H and O–H groups in total. The zero-order valence-corrected chi connectivity index (χ0v) is 13.4. The quantitative estimate of drug-likeness (QED) is 0.457. The van der Waals surface area contributed by atoms with Crippen LogP contribution in [0.1, 0.15) is 17.3 Å². The fourth-order valence-corrected chi connectivity index (χ4v) is 2.27. The lowest BCUT2D eigenvalue weighted by Gasteiger charge is -2.20. The molecule has 0 aliphatic carbocycles. The van der Waals surface area contributed by atoms with E-state index in [2.05, 4.69) is 20.7 Å². The summed E-state index contributed by atoms with van der Waals surface area (Å²) in [6.07, 6.45) is 0. The van der Waals surface area contributed by atoms with Crippen molar-refractivity contribution in [2.45, 2.75) is 6.92 Å². The summed E-state index contributed by atoms with van der Waals surface area (Å²) in [5.74, 6) is -1.31. The number of esters is 1. The smallest absolute Gasteiger partial charge is 0.310 e. The Labute approximate surface area is 130 Å². The average Bonchev–Trinajstić information content (AvgIpc) is 2.44. The molecule has 1 rings (SSSR count). The van der Waals surface area contributed by atoms with Crippen molar-refractivity contribution in [3.05, 3.63) is 38.3 Å². The van der Waals surface area contributed by atoms with E-state index in [0.717, 1.165) is 0 Å². The summed E-state index contributed by atoms with van der Waals surface area (Å²) < 4.78 is 5.03. The average molecular weight is 359 g/mol. The normalized spacial score (nSPS) is 11.6. The van der Waals surface area contributed by atoms with E-state index in [1.807, 2.05) is 0 Å². The second-order valence-corrected chi connectivity index (χ2v) is 5.48. The summed E-state index contributed by atoms with van der Waals surface area (Å²) in [6.45, 7) is 1.80. The lowest BCUT2D eigenvalue weighted by Crippen LogP contribution is -2.34. The van der Waals surface area contributed by atoms with Crippen molar-refractivity contribution >= 4 is 33.5 Å². The molecular weight excluding hydrogens is 344 g/mol. The highest BCUT2D eigenvalue weighted by molar-refractivity contribution is 9.10. The molecule has 1 atom stereocenters. The molecule has 1 aromatic carbocycles. The summed E-state index contributed by atoms with van der Waals surface area (Å²) in [7, 11) is 2.80. The Morgan fingerprint density at radius 1 is 1.43 bits per heavy atom. The van der Waals surface area contributed by atoms with Gasteiger partial charge in [0.1, 0.15) is 0 Å². The molecule has 0 heterocycles. The second-order valence-electron chi connectivity index (χ2n) is 4.57. The molecular formula is C13H15BrN2O5. The van der Waals surface area contributed by atoms with Crippen LogP contribution in [0.3, 0.4) is 0 Å². The van der Waals surface area contributed by atoms with Crippen LogP contribution in [0.4, 0.5) is 5.69 Å². The minimum atomic E-state index is -0.571. The number of rotatable bonds is 5. The van der Waals surface area contributed by atoms with E-state index < -0.39 is 22.7 Å². The van der Waals surface area contributed by atoms with Gasteiger partial charge in [-0.2, -0.15) is 0 Å². The lowest BCUT2D eigenvalue weighted by molar-refractivity contribution is -0.385. The number of nitro benzene ring substituents is 1. The van der Waals surface area contributed by atoms with Crippen LogP contribution >= 0.6 is 15.9 Å². The van der Waals surface area contributed by atoms with Gasteiger partial charge in [0.15, 0.2) is 0 Å². The summed E-state index contributed by atoms with van der Waals surface area (Å²) in [4.78, 5) is 35.2. The molecule has 21 heavy (non-hydrogen) atoms. The number of hydrogen-bond donors (Lipinski definition) is 0. The Morgan fingerprint density at radius 3 is 2.57 bits per heavy atom. The highest BCUT2D eigenvalue weighted by Gasteiger charge is 2.21. The molecule has 114 valence electrons. The number of nitro groups is 1. The van der Waals surface area contributed by atoms with E-state index in [1.165, 1.54) is 37.3 Å². The summed E-state index contributed by atoms with van der Waals surface area (Å²) in [6, 6.07) is 4.01. The van der Waals surface area contributed by atoms with Gasteiger partial charge in [0, 0.05) is 35.8 Å². The lowest BCUT2D eigenvalue weighted by atomic mass is 10.1. The van der Waals surface area contributed by atoms with Gasteiger partial charge >= 0.3 is 5.97 Å². The van der Waals surface area contributed by atoms with E-state index in [4.69, 9.17) is 0 Å². The first kappa shape index (κ1) is 17.1. The van der Waals surface area contributed by atoms with E-state index >= 15 is 0 Å². The fraction of sp³-hybridized carbons (Fsp3) is 0.385. The molecule has 0 bridgehead atoms. The third-order valence-corrected chi connectivity index (χ3v) is 3.30. The maximum atomic E-state index is 12.2. The highest BCUT2D eigenvalue weighted by atomic mass is 79.9. The first-order valence-corrected chi connectivity index (χ1v) is 6.83. The minimum absolute atomic E-state index is 0.159. The van der Waals surface area contributed by atoms with Gasteiger partial charge in [0.05, 0.1) is 18.0 Å². The Morgan fingerprint density at radius 2 is 2.05 bits per heavy atom. The first-order chi connectivity index (χ1) is 9.76. The minimum Gasteiger partial charge on any atom is -0.469 e. The Balaban J connectivity index is 2.92. The van der Waals surface area contributed by atoms with Gasteiger partial charge in [0.2, 0.25) is 0 Å². The van der Waals surface area contributed by atoms with Crippen LogP contribution in [-0.4, -0.2) is 42.4 Å². The molecule has 8 heteroatoms. The third-order valence-electron chi connectivity index (χ3n) is 2.84. The molecule has 0 saturated carbocycles. The number of ether oxygens (including phenoxy) is 1. The van der Waals surface area contributed by atoms with Gasteiger partial charge in [-0.15, -0.1) is 0 Å². The largest absolute Gasteiger partial charge is 0.469 e. The van der Waals surface area contributed by atoms with Crippen molar-refractivity contribution in [3.8, 4) is 0 Å². The van der Waals surface area contributed by atoms with Crippen LogP contribution in [0.15, 0.2) is 22.7 Å². The zero-order chi connectivity index (χ0) is 16.2. The van der Waals surface area contributed by atoms with Gasteiger partial charge < -0.3 is 9.64 Å². The van der Waals surface area contributed by atoms with E-state index in [0.29, 0.717) is 4.47 Å². The first-order valence-electron chi connectivity index (χ1n) is 6.04. The predicted octanol–water partition coefficient (Wildman–Crippen LogP) is 2.24. The van der Waals surface area contributed by atoms with Crippen molar-refractivity contribution in [2.24, 2.45) is 5.92 Å². The van der Waals surface area contributed by atoms with Crippen molar-refractivity contribution < 1.29 is 19.2 Å². The van der Waals surface area contributed by atoms with Crippen LogP contribution < -0.4 is 0 Å². The molecule has 0 radical (unpaired) electrons. The number of amides is 1. The standard InChI is InChI=1S/C13H15BrN2O5/c1-8(13(18)21-3)7-15(2)12(17)9-4-10(14)6-11(5-9)16(19)20/h4-6,8H,7H2,1-3H3. The topological polar surface area (TPSA) is 89.8 Å². The number of benzene rings is 1. The van der Waals surface area contributed by atoms with Crippen molar-refractivity contribution in [3.63, 3.8) is 0 Å². The van der Waals surface area contributed by atoms with Gasteiger partial charge in [-0.05, 0) is 6.07 Å². The summed E-state index contributed by atoms with van der Waals surface area (Å²) in [5, 5.41) is 10.8. The predicted molar refractivity (Wildman–Crippen MR) is 78.9 cm³/mol. The Kier molecular flexibility index (Phi) is 5.83. The zero-order valence-electron chi connectivity index (χ0n) is 11.8. The molecule has 0 aliphatic rings. The number of non-ortho nitro benzene ring substituents is 1. The van der Waals surface area contributed by atoms with Crippen LogP contribution in [0.2, 0.25) is 0 Å². The van der Waals surface area contributed by atoms with E-state index in [1.54, 1.807) is 6.92 Å². The second kappa shape index (κ2) is 7.16. The maximum Gasteiger partial charge on any atom is 0.310 e. The number of carbonyl (C=O) groups excluding carboxylic acids is 2. The van der Waals surface area contributed by atoms with Gasteiger partial charge in [-0.25, -0.2) is 0 Å². The molecule has 1 amide bonds. The molecule has 7 nitrogen and oxygen atoms in total. The van der Waals surface area contributed by atoms with E-state index in [-0.39, 0.29) is 17.8 Å². The molecule has 0 spiro atoms. The molecule has 0 aliphatic heterocycles. The number of hydrogen-bond acceptors (Lipinski definition) is 5. The molecule has 0 aromatic heterocycles. The highest BCUT2D eigenvalue weighted by Crippen LogP contribution is 2.22. The fourth-order valence-electron chi connectivity index (χ4n) is 1.79. The molecule has 0 fully saturated rings. The Hall–Kier alpha value is -1.96. The summed E-state index contributed by atoms with van der Waals surface area (Å²) in [5.41, 5.74) is -0.00205. The molecule has 0 saturated heterocycles. The molecule has 1 aromatic rings. The van der Waals surface area contributed by atoms with Crippen molar-refractivity contribution in [1.29, 1.82) is 0 Å². The number of nitrogens with zero attached hydrogens (tertiary/aromatic N) is 2. The van der Waals surface area contributed by atoms with Crippen molar-refractivity contribution in [1.82, 2.24) is 4.90 Å². The maximum absolute atomic E-state index is 12.2. The van der Waals surface area contributed by atoms with Crippen LogP contribution in [0.5, 0.6) is 0 Å².